The summed E-state index contributed by atoms with van der Waals surface area (Å²) in [5.41, 5.74) is 5.34. The molecule has 19 heavy (non-hydrogen) atoms. The summed E-state index contributed by atoms with van der Waals surface area (Å²) in [5.74, 6) is -1.50. The minimum atomic E-state index is -4.63. The van der Waals surface area contributed by atoms with Gasteiger partial charge in [0, 0.05) is 6.07 Å². The number of nitrogen functional groups attached to an aromatic ring is 1. The number of halogens is 3. The van der Waals surface area contributed by atoms with Gasteiger partial charge in [0.2, 0.25) is 5.82 Å². The van der Waals surface area contributed by atoms with E-state index >= 15 is 0 Å². The van der Waals surface area contributed by atoms with Gasteiger partial charge in [-0.2, -0.15) is 13.2 Å². The van der Waals surface area contributed by atoms with Crippen molar-refractivity contribution in [2.24, 2.45) is 0 Å². The van der Waals surface area contributed by atoms with Gasteiger partial charge in [0.15, 0.2) is 8.68 Å². The van der Waals surface area contributed by atoms with E-state index in [0.717, 1.165) is 16.1 Å². The predicted octanol–water partition coefficient (Wildman–Crippen LogP) is 2.80. The molecule has 0 unspecified atom stereocenters. The van der Waals surface area contributed by atoms with Crippen LogP contribution in [0.1, 0.15) is 5.82 Å². The van der Waals surface area contributed by atoms with E-state index in [1.807, 2.05) is 6.26 Å². The maximum atomic E-state index is 12.5. The van der Waals surface area contributed by atoms with E-state index in [2.05, 4.69) is 20.2 Å². The number of aromatic nitrogens is 4. The maximum absolute atomic E-state index is 12.5. The minimum absolute atomic E-state index is 0.0867. The average molecular weight is 325 g/mol. The van der Waals surface area contributed by atoms with Gasteiger partial charge in [0.05, 0.1) is 0 Å². The molecule has 0 fully saturated rings. The highest BCUT2D eigenvalue weighted by atomic mass is 32.2. The van der Waals surface area contributed by atoms with Gasteiger partial charge in [-0.3, -0.25) is 0 Å². The van der Waals surface area contributed by atoms with Crippen molar-refractivity contribution in [2.45, 2.75) is 19.9 Å². The molecule has 0 saturated carbocycles. The summed E-state index contributed by atoms with van der Waals surface area (Å²) in [6.45, 7) is 0. The third kappa shape index (κ3) is 3.70. The van der Waals surface area contributed by atoms with Gasteiger partial charge in [0.25, 0.3) is 0 Å². The number of rotatable bonds is 3. The molecule has 2 aromatic rings. The van der Waals surface area contributed by atoms with Crippen molar-refractivity contribution in [3.05, 3.63) is 11.9 Å². The van der Waals surface area contributed by atoms with Crippen molar-refractivity contribution in [1.29, 1.82) is 0 Å². The molecule has 0 amide bonds. The molecular weight excluding hydrogens is 319 g/mol. The Hall–Kier alpha value is -1.07. The maximum Gasteiger partial charge on any atom is 0.451 e. The van der Waals surface area contributed by atoms with Crippen molar-refractivity contribution in [2.75, 3.05) is 12.0 Å². The van der Waals surface area contributed by atoms with Gasteiger partial charge >= 0.3 is 6.18 Å². The molecule has 2 rings (SSSR count). The van der Waals surface area contributed by atoms with Gasteiger partial charge in [0.1, 0.15) is 10.8 Å². The third-order valence-corrected chi connectivity index (χ3v) is 4.60. The molecule has 11 heteroatoms. The summed E-state index contributed by atoms with van der Waals surface area (Å²) in [7, 11) is 0. The van der Waals surface area contributed by atoms with Gasteiger partial charge < -0.3 is 5.73 Å². The Labute approximate surface area is 118 Å². The minimum Gasteiger partial charge on any atom is -0.384 e. The molecule has 0 radical (unpaired) electrons. The molecule has 102 valence electrons. The van der Waals surface area contributed by atoms with E-state index in [1.54, 1.807) is 0 Å². The van der Waals surface area contributed by atoms with Crippen LogP contribution >= 0.6 is 34.9 Å². The summed E-state index contributed by atoms with van der Waals surface area (Å²) in [6, 6.07) is 1.26. The van der Waals surface area contributed by atoms with Crippen LogP contribution in [0.2, 0.25) is 0 Å². The monoisotopic (exact) mass is 325 g/mol. The second kappa shape index (κ2) is 5.51. The Morgan fingerprint density at radius 3 is 2.47 bits per heavy atom. The van der Waals surface area contributed by atoms with Crippen LogP contribution in [0, 0.1) is 0 Å². The molecule has 0 aliphatic carbocycles. The van der Waals surface area contributed by atoms with E-state index in [-0.39, 0.29) is 10.8 Å². The van der Waals surface area contributed by atoms with E-state index < -0.39 is 12.0 Å². The topological polar surface area (TPSA) is 77.6 Å². The zero-order valence-electron chi connectivity index (χ0n) is 9.30. The summed E-state index contributed by atoms with van der Waals surface area (Å²) >= 11 is 3.64. The lowest BCUT2D eigenvalue weighted by atomic mass is 10.5. The van der Waals surface area contributed by atoms with Crippen molar-refractivity contribution >= 4 is 40.7 Å². The van der Waals surface area contributed by atoms with Crippen LogP contribution in [0.25, 0.3) is 0 Å². The molecule has 2 heterocycles. The molecule has 0 atom stereocenters. The zero-order chi connectivity index (χ0) is 14.0. The van der Waals surface area contributed by atoms with Crippen LogP contribution in [0.3, 0.4) is 0 Å². The Balaban J connectivity index is 2.27. The van der Waals surface area contributed by atoms with Crippen LogP contribution in [-0.4, -0.2) is 26.4 Å². The van der Waals surface area contributed by atoms with Gasteiger partial charge in [-0.15, -0.1) is 10.2 Å². The van der Waals surface area contributed by atoms with Gasteiger partial charge in [-0.25, -0.2) is 9.97 Å². The number of hydrogen-bond acceptors (Lipinski definition) is 8. The normalized spacial score (nSPS) is 11.8. The molecule has 0 aliphatic rings. The fourth-order valence-electron chi connectivity index (χ4n) is 1.03. The smallest absolute Gasteiger partial charge is 0.384 e. The highest BCUT2D eigenvalue weighted by Gasteiger charge is 2.35. The Bertz CT molecular complexity index is 585. The Morgan fingerprint density at radius 1 is 1.21 bits per heavy atom. The van der Waals surface area contributed by atoms with Crippen molar-refractivity contribution < 1.29 is 13.2 Å². The number of alkyl halides is 3. The standard InChI is InChI=1S/C8H6F3N5S3/c1-17-6-15-16-7(19-6)18-4-2-3(12)13-5(14-4)8(9,10)11/h2H,1H3,(H2,12,13,14). The first kappa shape index (κ1) is 14.3. The lowest BCUT2D eigenvalue weighted by Gasteiger charge is -2.06. The fourth-order valence-corrected chi connectivity index (χ4v) is 3.43. The molecule has 2 N–H and O–H groups in total. The fraction of sp³-hybridized carbons (Fsp3) is 0.250. The Kier molecular flexibility index (Phi) is 4.16. The van der Waals surface area contributed by atoms with E-state index in [9.17, 15) is 13.2 Å². The SMILES string of the molecule is CSc1nnc(Sc2cc(N)nc(C(F)(F)F)n2)s1. The predicted molar refractivity (Wildman–Crippen MR) is 67.3 cm³/mol. The second-order valence-electron chi connectivity index (χ2n) is 3.09. The first-order chi connectivity index (χ1) is 8.88. The highest BCUT2D eigenvalue weighted by Crippen LogP contribution is 2.34. The number of nitrogens with two attached hydrogens (primary N) is 1. The number of anilines is 1. The number of hydrogen-bond donors (Lipinski definition) is 1. The van der Waals surface area contributed by atoms with Crippen LogP contribution in [0.4, 0.5) is 19.0 Å². The van der Waals surface area contributed by atoms with Crippen molar-refractivity contribution in [3.63, 3.8) is 0 Å². The average Bonchev–Trinajstić information content (AvgIpc) is 2.75. The number of thioether (sulfide) groups is 1. The zero-order valence-corrected chi connectivity index (χ0v) is 11.8. The third-order valence-electron chi connectivity index (χ3n) is 1.73. The van der Waals surface area contributed by atoms with Gasteiger partial charge in [-0.1, -0.05) is 23.1 Å². The molecule has 5 nitrogen and oxygen atoms in total. The summed E-state index contributed by atoms with van der Waals surface area (Å²) < 4.78 is 38.8. The van der Waals surface area contributed by atoms with Crippen LogP contribution in [-0.2, 0) is 6.18 Å². The molecule has 2 aromatic heterocycles. The van der Waals surface area contributed by atoms with E-state index in [0.29, 0.717) is 4.34 Å². The molecule has 0 aliphatic heterocycles. The van der Waals surface area contributed by atoms with Crippen molar-refractivity contribution in [1.82, 2.24) is 20.2 Å². The summed E-state index contributed by atoms with van der Waals surface area (Å²) in [4.78, 5) is 6.57. The number of nitrogens with zero attached hydrogens (tertiary/aromatic N) is 4. The molecule has 0 saturated heterocycles. The van der Waals surface area contributed by atoms with Gasteiger partial charge in [-0.05, 0) is 18.0 Å². The van der Waals surface area contributed by atoms with E-state index in [4.69, 9.17) is 5.73 Å². The largest absolute Gasteiger partial charge is 0.451 e. The van der Waals surface area contributed by atoms with Crippen LogP contribution in [0.5, 0.6) is 0 Å². The molecular formula is C8H6F3N5S3. The lowest BCUT2D eigenvalue weighted by Crippen LogP contribution is -2.12. The van der Waals surface area contributed by atoms with E-state index in [1.165, 1.54) is 29.2 Å². The molecule has 0 bridgehead atoms. The Morgan fingerprint density at radius 2 is 1.89 bits per heavy atom. The highest BCUT2D eigenvalue weighted by molar-refractivity contribution is 8.02. The first-order valence-electron chi connectivity index (χ1n) is 4.65. The summed E-state index contributed by atoms with van der Waals surface area (Å²) in [6.07, 6.45) is -2.80. The van der Waals surface area contributed by atoms with Crippen LogP contribution < -0.4 is 5.73 Å². The second-order valence-corrected chi connectivity index (χ2v) is 6.39. The molecule has 0 aromatic carbocycles. The quantitative estimate of drug-likeness (QED) is 0.686. The summed E-state index contributed by atoms with van der Waals surface area (Å²) in [5, 5.41) is 7.76. The van der Waals surface area contributed by atoms with Crippen LogP contribution in [0.15, 0.2) is 19.8 Å². The van der Waals surface area contributed by atoms with Crippen molar-refractivity contribution in [3.8, 4) is 0 Å². The lowest BCUT2D eigenvalue weighted by molar-refractivity contribution is -0.145. The molecule has 0 spiro atoms. The first-order valence-corrected chi connectivity index (χ1v) is 7.51.